The van der Waals surface area contributed by atoms with Gasteiger partial charge in [-0.25, -0.2) is 0 Å². The number of nitrogens with one attached hydrogen (secondary N) is 1. The molecule has 1 heterocycles. The molecule has 0 saturated heterocycles. The van der Waals surface area contributed by atoms with E-state index in [1.54, 1.807) is 33.8 Å². The molecule has 0 aliphatic carbocycles. The van der Waals surface area contributed by atoms with Gasteiger partial charge in [0.15, 0.2) is 0 Å². The molecule has 3 rings (SSSR count). The second-order valence-corrected chi connectivity index (χ2v) is 7.61. The van der Waals surface area contributed by atoms with Gasteiger partial charge in [-0.3, -0.25) is 9.59 Å². The van der Waals surface area contributed by atoms with Gasteiger partial charge in [-0.2, -0.15) is 4.68 Å². The number of rotatable bonds is 10. The summed E-state index contributed by atoms with van der Waals surface area (Å²) in [4.78, 5) is 26.6. The highest BCUT2D eigenvalue weighted by atomic mass is 32.2. The first-order valence-electron chi connectivity index (χ1n) is 10.4. The van der Waals surface area contributed by atoms with Crippen LogP contribution in [-0.2, 0) is 4.79 Å². The molecule has 2 aromatic carbocycles. The molecule has 10 heteroatoms. The Hall–Kier alpha value is -3.40. The normalized spacial score (nSPS) is 10.6. The summed E-state index contributed by atoms with van der Waals surface area (Å²) in [6.45, 7) is 7.61. The average Bonchev–Trinajstić information content (AvgIpc) is 3.28. The van der Waals surface area contributed by atoms with Gasteiger partial charge in [-0.15, -0.1) is 5.10 Å². The Morgan fingerprint density at radius 3 is 2.47 bits per heavy atom. The van der Waals surface area contributed by atoms with Crippen molar-refractivity contribution in [1.29, 1.82) is 0 Å². The highest BCUT2D eigenvalue weighted by Crippen LogP contribution is 2.26. The van der Waals surface area contributed by atoms with Crippen molar-refractivity contribution in [3.63, 3.8) is 0 Å². The lowest BCUT2D eigenvalue weighted by atomic mass is 10.2. The van der Waals surface area contributed by atoms with E-state index >= 15 is 0 Å². The Bertz CT molecular complexity index is 1050. The number of ether oxygens (including phenoxy) is 1. The van der Waals surface area contributed by atoms with Crippen molar-refractivity contribution < 1.29 is 14.3 Å². The van der Waals surface area contributed by atoms with E-state index in [1.807, 2.05) is 45.0 Å². The first-order chi connectivity index (χ1) is 15.6. The largest absolute Gasteiger partial charge is 0.492 e. The second kappa shape index (κ2) is 11.3. The molecule has 0 bridgehead atoms. The standard InChI is InChI=1S/C22H26N6O3S/c1-4-27(5-2)21(30)16-11-13-17(14-12-16)23-20(29)15-32-22-24-25-26-28(22)18-9-7-8-10-19(18)31-6-3/h7-14H,4-6,15H2,1-3H3,(H,23,29). The number of amides is 2. The van der Waals surface area contributed by atoms with Crippen LogP contribution in [0.4, 0.5) is 5.69 Å². The summed E-state index contributed by atoms with van der Waals surface area (Å²) in [5, 5.41) is 15.1. The average molecular weight is 455 g/mol. The lowest BCUT2D eigenvalue weighted by Gasteiger charge is -2.18. The molecule has 2 amide bonds. The summed E-state index contributed by atoms with van der Waals surface area (Å²) >= 11 is 1.22. The number of nitrogens with zero attached hydrogens (tertiary/aromatic N) is 5. The predicted octanol–water partition coefficient (Wildman–Crippen LogP) is 3.27. The Morgan fingerprint density at radius 1 is 1.06 bits per heavy atom. The van der Waals surface area contributed by atoms with Crippen molar-refractivity contribution in [2.75, 3.05) is 30.8 Å². The zero-order chi connectivity index (χ0) is 22.9. The third-order valence-corrected chi connectivity index (χ3v) is 5.55. The van der Waals surface area contributed by atoms with Gasteiger partial charge in [0.1, 0.15) is 11.4 Å². The molecule has 32 heavy (non-hydrogen) atoms. The molecule has 9 nitrogen and oxygen atoms in total. The van der Waals surface area contributed by atoms with Crippen LogP contribution < -0.4 is 10.1 Å². The number of anilines is 1. The monoisotopic (exact) mass is 454 g/mol. The minimum absolute atomic E-state index is 0.0254. The van der Waals surface area contributed by atoms with Crippen LogP contribution >= 0.6 is 11.8 Å². The first-order valence-corrected chi connectivity index (χ1v) is 11.4. The molecular weight excluding hydrogens is 428 g/mol. The van der Waals surface area contributed by atoms with Crippen molar-refractivity contribution in [3.8, 4) is 11.4 Å². The quantitative estimate of drug-likeness (QED) is 0.469. The van der Waals surface area contributed by atoms with Crippen molar-refractivity contribution >= 4 is 29.3 Å². The number of benzene rings is 2. The van der Waals surface area contributed by atoms with Crippen LogP contribution in [0.15, 0.2) is 53.7 Å². The van der Waals surface area contributed by atoms with E-state index in [0.717, 1.165) is 0 Å². The van der Waals surface area contributed by atoms with Gasteiger partial charge in [-0.05, 0) is 67.6 Å². The van der Waals surface area contributed by atoms with E-state index in [-0.39, 0.29) is 17.6 Å². The van der Waals surface area contributed by atoms with Crippen molar-refractivity contribution in [1.82, 2.24) is 25.1 Å². The summed E-state index contributed by atoms with van der Waals surface area (Å²) in [5.41, 5.74) is 1.91. The fourth-order valence-corrected chi connectivity index (χ4v) is 3.73. The van der Waals surface area contributed by atoms with Gasteiger partial charge in [-0.1, -0.05) is 23.9 Å². The van der Waals surface area contributed by atoms with Crippen molar-refractivity contribution in [3.05, 3.63) is 54.1 Å². The molecule has 0 spiro atoms. The van der Waals surface area contributed by atoms with Crippen molar-refractivity contribution in [2.45, 2.75) is 25.9 Å². The molecule has 1 N–H and O–H groups in total. The van der Waals surface area contributed by atoms with Gasteiger partial charge in [0.2, 0.25) is 11.1 Å². The third kappa shape index (κ3) is 5.64. The lowest BCUT2D eigenvalue weighted by Crippen LogP contribution is -2.30. The van der Waals surface area contributed by atoms with E-state index in [0.29, 0.717) is 47.5 Å². The Labute approximate surface area is 191 Å². The summed E-state index contributed by atoms with van der Waals surface area (Å²) in [6, 6.07) is 14.3. The molecule has 0 saturated carbocycles. The SMILES string of the molecule is CCOc1ccccc1-n1nnnc1SCC(=O)Nc1ccc(C(=O)N(CC)CC)cc1. The van der Waals surface area contributed by atoms with Crippen LogP contribution in [0.25, 0.3) is 5.69 Å². The highest BCUT2D eigenvalue weighted by molar-refractivity contribution is 7.99. The molecular formula is C22H26N6O3S. The van der Waals surface area contributed by atoms with E-state index in [9.17, 15) is 9.59 Å². The number of para-hydroxylation sites is 2. The molecule has 0 unspecified atom stereocenters. The molecule has 0 aliphatic rings. The highest BCUT2D eigenvalue weighted by Gasteiger charge is 2.16. The molecule has 0 fully saturated rings. The summed E-state index contributed by atoms with van der Waals surface area (Å²) in [6.07, 6.45) is 0. The smallest absolute Gasteiger partial charge is 0.253 e. The van der Waals surface area contributed by atoms with E-state index in [4.69, 9.17) is 4.74 Å². The Balaban J connectivity index is 1.61. The number of aromatic nitrogens is 4. The molecule has 1 aromatic heterocycles. The van der Waals surface area contributed by atoms with Gasteiger partial charge in [0, 0.05) is 24.3 Å². The fraction of sp³-hybridized carbons (Fsp3) is 0.318. The van der Waals surface area contributed by atoms with Crippen LogP contribution in [0, 0.1) is 0 Å². The van der Waals surface area contributed by atoms with E-state index in [1.165, 1.54) is 11.8 Å². The maximum Gasteiger partial charge on any atom is 0.253 e. The van der Waals surface area contributed by atoms with Crippen LogP contribution in [0.2, 0.25) is 0 Å². The predicted molar refractivity (Wildman–Crippen MR) is 123 cm³/mol. The van der Waals surface area contributed by atoms with Crippen LogP contribution in [0.3, 0.4) is 0 Å². The maximum absolute atomic E-state index is 12.4. The van der Waals surface area contributed by atoms with Gasteiger partial charge >= 0.3 is 0 Å². The summed E-state index contributed by atoms with van der Waals surface area (Å²) < 4.78 is 7.20. The summed E-state index contributed by atoms with van der Waals surface area (Å²) in [7, 11) is 0. The molecule has 0 aliphatic heterocycles. The number of hydrogen-bond donors (Lipinski definition) is 1. The molecule has 3 aromatic rings. The fourth-order valence-electron chi connectivity index (χ4n) is 3.05. The van der Waals surface area contributed by atoms with Gasteiger partial charge in [0.05, 0.1) is 12.4 Å². The first kappa shape index (κ1) is 23.3. The Morgan fingerprint density at radius 2 is 1.78 bits per heavy atom. The molecule has 168 valence electrons. The minimum Gasteiger partial charge on any atom is -0.492 e. The second-order valence-electron chi connectivity index (χ2n) is 6.67. The van der Waals surface area contributed by atoms with Crippen molar-refractivity contribution in [2.24, 2.45) is 0 Å². The zero-order valence-electron chi connectivity index (χ0n) is 18.3. The van der Waals surface area contributed by atoms with Crippen LogP contribution in [0.5, 0.6) is 5.75 Å². The van der Waals surface area contributed by atoms with Gasteiger partial charge in [0.25, 0.3) is 5.91 Å². The van der Waals surface area contributed by atoms with Crippen LogP contribution in [0.1, 0.15) is 31.1 Å². The van der Waals surface area contributed by atoms with E-state index in [2.05, 4.69) is 20.8 Å². The number of tetrazole rings is 1. The number of hydrogen-bond acceptors (Lipinski definition) is 7. The van der Waals surface area contributed by atoms with Gasteiger partial charge < -0.3 is 15.0 Å². The van der Waals surface area contributed by atoms with E-state index < -0.39 is 0 Å². The van der Waals surface area contributed by atoms with Crippen LogP contribution in [-0.4, -0.2) is 62.4 Å². The Kier molecular flexibility index (Phi) is 8.20. The number of carbonyl (C=O) groups is 2. The third-order valence-electron chi connectivity index (χ3n) is 4.63. The maximum atomic E-state index is 12.4. The number of carbonyl (C=O) groups excluding carboxylic acids is 2. The summed E-state index contributed by atoms with van der Waals surface area (Å²) in [5.74, 6) is 0.554. The zero-order valence-corrected chi connectivity index (χ0v) is 19.1. The topological polar surface area (TPSA) is 102 Å². The molecule has 0 radical (unpaired) electrons. The molecule has 0 atom stereocenters. The number of thioether (sulfide) groups is 1. The lowest BCUT2D eigenvalue weighted by molar-refractivity contribution is -0.113. The minimum atomic E-state index is -0.203.